The maximum absolute atomic E-state index is 12.3. The van der Waals surface area contributed by atoms with Gasteiger partial charge in [0.15, 0.2) is 0 Å². The highest BCUT2D eigenvalue weighted by Crippen LogP contribution is 2.24. The molecule has 0 saturated heterocycles. The summed E-state index contributed by atoms with van der Waals surface area (Å²) >= 11 is 0. The summed E-state index contributed by atoms with van der Waals surface area (Å²) in [6.45, 7) is 9.02. The summed E-state index contributed by atoms with van der Waals surface area (Å²) in [4.78, 5) is 12.3. The zero-order valence-corrected chi connectivity index (χ0v) is 12.5. The number of anilines is 1. The molecule has 3 N–H and O–H groups in total. The van der Waals surface area contributed by atoms with Gasteiger partial charge < -0.3 is 11.1 Å². The van der Waals surface area contributed by atoms with Gasteiger partial charge >= 0.3 is 0 Å². The summed E-state index contributed by atoms with van der Waals surface area (Å²) in [7, 11) is 0. The third-order valence-electron chi connectivity index (χ3n) is 3.44. The minimum absolute atomic E-state index is 0.0704. The standard InChI is InChI=1S/C16H26N2O/c1-12(2)6-5-11-18-15(19)16(3,4)13-7-9-14(17)10-8-13/h7-10,12H,5-6,11,17H2,1-4H3,(H,18,19). The number of nitrogens with two attached hydrogens (primary N) is 1. The Balaban J connectivity index is 2.56. The average Bonchev–Trinajstić information content (AvgIpc) is 2.34. The molecule has 0 saturated carbocycles. The van der Waals surface area contributed by atoms with Crippen LogP contribution in [-0.2, 0) is 10.2 Å². The second-order valence-electron chi connectivity index (χ2n) is 6.04. The van der Waals surface area contributed by atoms with E-state index in [0.29, 0.717) is 5.92 Å². The van der Waals surface area contributed by atoms with Crippen LogP contribution in [0.2, 0.25) is 0 Å². The number of benzene rings is 1. The first-order valence-corrected chi connectivity index (χ1v) is 6.98. The molecule has 0 aliphatic rings. The molecule has 0 atom stereocenters. The molecule has 1 aromatic carbocycles. The number of rotatable bonds is 6. The molecule has 0 aromatic heterocycles. The van der Waals surface area contributed by atoms with Gasteiger partial charge in [-0.05, 0) is 50.3 Å². The van der Waals surface area contributed by atoms with Crippen molar-refractivity contribution in [3.8, 4) is 0 Å². The van der Waals surface area contributed by atoms with Crippen LogP contribution in [-0.4, -0.2) is 12.5 Å². The molecular formula is C16H26N2O. The van der Waals surface area contributed by atoms with Gasteiger partial charge in [0, 0.05) is 12.2 Å². The van der Waals surface area contributed by atoms with E-state index in [1.807, 2.05) is 38.1 Å². The molecule has 0 bridgehead atoms. The van der Waals surface area contributed by atoms with Crippen molar-refractivity contribution in [1.82, 2.24) is 5.32 Å². The van der Waals surface area contributed by atoms with E-state index in [1.165, 1.54) is 0 Å². The molecule has 1 aromatic rings. The molecule has 19 heavy (non-hydrogen) atoms. The quantitative estimate of drug-likeness (QED) is 0.611. The highest BCUT2D eigenvalue weighted by molar-refractivity contribution is 5.87. The lowest BCUT2D eigenvalue weighted by Gasteiger charge is -2.24. The molecule has 0 spiro atoms. The fourth-order valence-electron chi connectivity index (χ4n) is 1.96. The first-order valence-electron chi connectivity index (χ1n) is 6.98. The van der Waals surface area contributed by atoms with E-state index in [9.17, 15) is 4.79 Å². The first kappa shape index (κ1) is 15.5. The van der Waals surface area contributed by atoms with Crippen LogP contribution in [0.5, 0.6) is 0 Å². The normalized spacial score (nSPS) is 11.6. The van der Waals surface area contributed by atoms with E-state index in [0.717, 1.165) is 30.6 Å². The van der Waals surface area contributed by atoms with Crippen molar-refractivity contribution in [1.29, 1.82) is 0 Å². The summed E-state index contributed by atoms with van der Waals surface area (Å²) in [5.41, 5.74) is 6.86. The van der Waals surface area contributed by atoms with Crippen LogP contribution in [0.25, 0.3) is 0 Å². The Kier molecular flexibility index (Phi) is 5.40. The molecule has 1 rings (SSSR count). The van der Waals surface area contributed by atoms with E-state index < -0.39 is 5.41 Å². The van der Waals surface area contributed by atoms with Gasteiger partial charge in [0.2, 0.25) is 5.91 Å². The van der Waals surface area contributed by atoms with Crippen molar-refractivity contribution in [2.75, 3.05) is 12.3 Å². The lowest BCUT2D eigenvalue weighted by molar-refractivity contribution is -0.125. The smallest absolute Gasteiger partial charge is 0.230 e. The summed E-state index contributed by atoms with van der Waals surface area (Å²) < 4.78 is 0. The Hall–Kier alpha value is -1.51. The fraction of sp³-hybridized carbons (Fsp3) is 0.562. The number of hydrogen-bond donors (Lipinski definition) is 2. The summed E-state index contributed by atoms with van der Waals surface area (Å²) in [5, 5.41) is 3.02. The third-order valence-corrected chi connectivity index (χ3v) is 3.44. The van der Waals surface area contributed by atoms with Gasteiger partial charge in [0.05, 0.1) is 5.41 Å². The molecule has 3 nitrogen and oxygen atoms in total. The second-order valence-corrected chi connectivity index (χ2v) is 6.04. The van der Waals surface area contributed by atoms with Gasteiger partial charge in [-0.15, -0.1) is 0 Å². The van der Waals surface area contributed by atoms with Crippen LogP contribution >= 0.6 is 0 Å². The third kappa shape index (κ3) is 4.58. The minimum Gasteiger partial charge on any atom is -0.399 e. The molecule has 0 aliphatic carbocycles. The van der Waals surface area contributed by atoms with Crippen LogP contribution < -0.4 is 11.1 Å². The Morgan fingerprint density at radius 1 is 1.26 bits per heavy atom. The summed E-state index contributed by atoms with van der Waals surface area (Å²) in [6, 6.07) is 7.51. The van der Waals surface area contributed by atoms with Gasteiger partial charge in [0.1, 0.15) is 0 Å². The molecule has 0 unspecified atom stereocenters. The summed E-state index contributed by atoms with van der Waals surface area (Å²) in [6.07, 6.45) is 2.17. The molecular weight excluding hydrogens is 236 g/mol. The molecule has 0 aliphatic heterocycles. The van der Waals surface area contributed by atoms with E-state index in [-0.39, 0.29) is 5.91 Å². The Bertz CT molecular complexity index is 407. The second kappa shape index (κ2) is 6.60. The minimum atomic E-state index is -0.522. The van der Waals surface area contributed by atoms with Crippen molar-refractivity contribution in [3.63, 3.8) is 0 Å². The van der Waals surface area contributed by atoms with E-state index >= 15 is 0 Å². The van der Waals surface area contributed by atoms with Gasteiger partial charge in [-0.1, -0.05) is 26.0 Å². The molecule has 1 amide bonds. The number of nitrogens with one attached hydrogen (secondary N) is 1. The number of carbonyl (C=O) groups excluding carboxylic acids is 1. The molecule has 0 fully saturated rings. The van der Waals surface area contributed by atoms with Crippen molar-refractivity contribution < 1.29 is 4.79 Å². The molecule has 0 heterocycles. The largest absolute Gasteiger partial charge is 0.399 e. The van der Waals surface area contributed by atoms with Crippen molar-refractivity contribution >= 4 is 11.6 Å². The predicted molar refractivity (Wildman–Crippen MR) is 81.0 cm³/mol. The Labute approximate surface area is 116 Å². The predicted octanol–water partition coefficient (Wildman–Crippen LogP) is 3.10. The number of nitrogen functional groups attached to an aromatic ring is 1. The highest BCUT2D eigenvalue weighted by Gasteiger charge is 2.29. The van der Waals surface area contributed by atoms with Gasteiger partial charge in [-0.3, -0.25) is 4.79 Å². The maximum atomic E-state index is 12.3. The topological polar surface area (TPSA) is 55.1 Å². The fourth-order valence-corrected chi connectivity index (χ4v) is 1.96. The maximum Gasteiger partial charge on any atom is 0.230 e. The first-order chi connectivity index (χ1) is 8.84. The van der Waals surface area contributed by atoms with Gasteiger partial charge in [-0.25, -0.2) is 0 Å². The molecule has 106 valence electrons. The van der Waals surface area contributed by atoms with E-state index in [1.54, 1.807) is 0 Å². The van der Waals surface area contributed by atoms with Crippen molar-refractivity contribution in [2.24, 2.45) is 5.92 Å². The van der Waals surface area contributed by atoms with Crippen LogP contribution in [0.15, 0.2) is 24.3 Å². The molecule has 0 radical (unpaired) electrons. The Morgan fingerprint density at radius 2 is 1.84 bits per heavy atom. The van der Waals surface area contributed by atoms with E-state index in [4.69, 9.17) is 5.73 Å². The SMILES string of the molecule is CC(C)CCCNC(=O)C(C)(C)c1ccc(N)cc1. The number of carbonyl (C=O) groups is 1. The highest BCUT2D eigenvalue weighted by atomic mass is 16.2. The van der Waals surface area contributed by atoms with Gasteiger partial charge in [-0.2, -0.15) is 0 Å². The zero-order valence-electron chi connectivity index (χ0n) is 12.5. The van der Waals surface area contributed by atoms with Gasteiger partial charge in [0.25, 0.3) is 0 Å². The van der Waals surface area contributed by atoms with Crippen molar-refractivity contribution in [3.05, 3.63) is 29.8 Å². The lowest BCUT2D eigenvalue weighted by atomic mass is 9.83. The van der Waals surface area contributed by atoms with Crippen LogP contribution in [0.3, 0.4) is 0 Å². The van der Waals surface area contributed by atoms with Crippen LogP contribution in [0.4, 0.5) is 5.69 Å². The lowest BCUT2D eigenvalue weighted by Crippen LogP contribution is -2.40. The summed E-state index contributed by atoms with van der Waals surface area (Å²) in [5.74, 6) is 0.753. The zero-order chi connectivity index (χ0) is 14.5. The number of hydrogen-bond acceptors (Lipinski definition) is 2. The van der Waals surface area contributed by atoms with Crippen LogP contribution in [0.1, 0.15) is 46.1 Å². The van der Waals surface area contributed by atoms with E-state index in [2.05, 4.69) is 19.2 Å². The average molecular weight is 262 g/mol. The number of amides is 1. The van der Waals surface area contributed by atoms with Crippen molar-refractivity contribution in [2.45, 2.75) is 46.0 Å². The molecule has 3 heteroatoms. The monoisotopic (exact) mass is 262 g/mol. The Morgan fingerprint density at radius 3 is 2.37 bits per heavy atom. The van der Waals surface area contributed by atoms with Crippen LogP contribution in [0, 0.1) is 5.92 Å².